The van der Waals surface area contributed by atoms with Gasteiger partial charge >= 0.3 is 0 Å². The second kappa shape index (κ2) is 14.0. The maximum absolute atomic E-state index is 13.0. The monoisotopic (exact) mass is 585 g/mol. The molecule has 5 unspecified atom stereocenters. The Balaban J connectivity index is 1.66. The van der Waals surface area contributed by atoms with Crippen LogP contribution in [0.3, 0.4) is 0 Å². The van der Waals surface area contributed by atoms with Crippen molar-refractivity contribution in [1.82, 2.24) is 9.71 Å². The van der Waals surface area contributed by atoms with Crippen molar-refractivity contribution in [2.45, 2.75) is 77.9 Å². The van der Waals surface area contributed by atoms with Crippen molar-refractivity contribution in [1.29, 1.82) is 0 Å². The molecule has 0 spiro atoms. The number of nitrogens with zero attached hydrogens (tertiary/aromatic N) is 2. The average Bonchev–Trinajstić information content (AvgIpc) is 3.09. The fourth-order valence-electron chi connectivity index (χ4n) is 5.86. The fourth-order valence-corrected chi connectivity index (χ4v) is 6.57. The lowest BCUT2D eigenvalue weighted by molar-refractivity contribution is 0.0977. The Kier molecular flexibility index (Phi) is 10.7. The van der Waals surface area contributed by atoms with Gasteiger partial charge in [-0.1, -0.05) is 57.0 Å². The van der Waals surface area contributed by atoms with Crippen molar-refractivity contribution in [3.8, 4) is 5.75 Å². The first-order valence-electron chi connectivity index (χ1n) is 14.8. The van der Waals surface area contributed by atoms with E-state index in [1.165, 1.54) is 24.0 Å². The van der Waals surface area contributed by atoms with Gasteiger partial charge in [0.25, 0.3) is 5.91 Å². The van der Waals surface area contributed by atoms with Gasteiger partial charge in [0.15, 0.2) is 11.6 Å². The van der Waals surface area contributed by atoms with E-state index in [1.807, 2.05) is 26.0 Å². The number of rotatable bonds is 11. The summed E-state index contributed by atoms with van der Waals surface area (Å²) in [5.41, 5.74) is 2.78. The molecule has 1 aliphatic carbocycles. The Morgan fingerprint density at radius 2 is 2.02 bits per heavy atom. The first-order valence-corrected chi connectivity index (χ1v) is 16.4. The maximum Gasteiger partial charge on any atom is 0.281 e. The van der Waals surface area contributed by atoms with Crippen molar-refractivity contribution in [2.75, 3.05) is 24.6 Å². The quantitative estimate of drug-likeness (QED) is 0.285. The van der Waals surface area contributed by atoms with Crippen LogP contribution in [0.1, 0.15) is 87.8 Å². The summed E-state index contributed by atoms with van der Waals surface area (Å²) in [4.78, 5) is 20.1. The van der Waals surface area contributed by atoms with Crippen LogP contribution < -0.4 is 14.4 Å². The smallest absolute Gasteiger partial charge is 0.281 e. The molecular weight excluding hydrogens is 542 g/mol. The molecule has 8 heteroatoms. The Hall–Kier alpha value is -2.38. The Morgan fingerprint density at radius 1 is 1.23 bits per heavy atom. The van der Waals surface area contributed by atoms with E-state index < -0.39 is 16.9 Å². The van der Waals surface area contributed by atoms with Gasteiger partial charge in [0, 0.05) is 29.3 Å². The number of allylic oxidation sites excluding steroid dienone is 2. The number of carbonyl (C=O) groups is 1. The largest absolute Gasteiger partial charge is 0.489 e. The second-order valence-electron chi connectivity index (χ2n) is 11.5. The molecule has 5 atom stereocenters. The molecule has 0 bridgehead atoms. The Labute approximate surface area is 247 Å². The number of anilines is 1. The molecule has 2 aliphatic rings. The highest BCUT2D eigenvalue weighted by Gasteiger charge is 2.37. The molecule has 1 amide bonds. The molecule has 1 aromatic carbocycles. The minimum absolute atomic E-state index is 0.134. The van der Waals surface area contributed by atoms with Gasteiger partial charge in [0.2, 0.25) is 0 Å². The highest BCUT2D eigenvalue weighted by atomic mass is 35.5. The van der Waals surface area contributed by atoms with Crippen LogP contribution in [0.25, 0.3) is 0 Å². The van der Waals surface area contributed by atoms with Crippen molar-refractivity contribution < 1.29 is 13.7 Å². The molecule has 1 saturated carbocycles. The number of hydrogen-bond donors (Lipinski definition) is 1. The number of aryl methyl sites for hydroxylation is 1. The summed E-state index contributed by atoms with van der Waals surface area (Å²) < 4.78 is 21.3. The topological polar surface area (TPSA) is 71.5 Å². The Bertz CT molecular complexity index is 1230. The normalized spacial score (nSPS) is 22.3. The third-order valence-corrected chi connectivity index (χ3v) is 9.70. The highest BCUT2D eigenvalue weighted by molar-refractivity contribution is 7.84. The first kappa shape index (κ1) is 30.6. The second-order valence-corrected chi connectivity index (χ2v) is 13.7. The number of carbonyl (C=O) groups excluding carboxylic acids is 1. The van der Waals surface area contributed by atoms with Gasteiger partial charge in [-0.25, -0.2) is 9.19 Å². The summed E-state index contributed by atoms with van der Waals surface area (Å²) >= 11 is 6.39. The number of amides is 1. The number of nitrogens with one attached hydrogen (secondary N) is 1. The first-order chi connectivity index (χ1) is 19.2. The van der Waals surface area contributed by atoms with Gasteiger partial charge in [-0.3, -0.25) is 9.52 Å². The molecule has 6 nitrogen and oxygen atoms in total. The minimum Gasteiger partial charge on any atom is -0.489 e. The van der Waals surface area contributed by atoms with E-state index in [2.05, 4.69) is 54.7 Å². The lowest BCUT2D eigenvalue weighted by atomic mass is 9.67. The molecule has 1 N–H and O–H groups in total. The van der Waals surface area contributed by atoms with Crippen LogP contribution in [-0.2, 0) is 17.4 Å². The van der Waals surface area contributed by atoms with Crippen molar-refractivity contribution >= 4 is 34.3 Å². The molecule has 218 valence electrons. The average molecular weight is 586 g/mol. The summed E-state index contributed by atoms with van der Waals surface area (Å²) in [5.74, 6) is 2.77. The predicted octanol–water partition coefficient (Wildman–Crippen LogP) is 7.10. The molecule has 40 heavy (non-hydrogen) atoms. The van der Waals surface area contributed by atoms with Crippen LogP contribution in [0.2, 0.25) is 5.02 Å². The molecular formula is C32H44ClN3O3S. The third-order valence-electron chi connectivity index (χ3n) is 8.22. The van der Waals surface area contributed by atoms with Crippen LogP contribution in [0, 0.1) is 17.8 Å². The van der Waals surface area contributed by atoms with Crippen LogP contribution in [0.15, 0.2) is 42.5 Å². The van der Waals surface area contributed by atoms with Crippen LogP contribution in [-0.4, -0.2) is 40.0 Å². The lowest BCUT2D eigenvalue weighted by Gasteiger charge is -2.43. The van der Waals surface area contributed by atoms with E-state index in [0.717, 1.165) is 37.4 Å². The summed E-state index contributed by atoms with van der Waals surface area (Å²) in [6.45, 7) is 12.4. The van der Waals surface area contributed by atoms with E-state index in [9.17, 15) is 9.00 Å². The predicted molar refractivity (Wildman–Crippen MR) is 166 cm³/mol. The van der Waals surface area contributed by atoms with E-state index in [0.29, 0.717) is 35.9 Å². The zero-order valence-electron chi connectivity index (χ0n) is 24.5. The van der Waals surface area contributed by atoms with Gasteiger partial charge < -0.3 is 9.64 Å². The standard InChI is InChI=1S/C32H44ClN3O3S/c1-6-8-10-22(5)27-13-11-24(27)18-36-19-25(28-14-12-26(33)17-23(28)9-7-2)20-39-30-16-15-29(34-31(30)36)32(37)35-40(38)21(3)4/h8,10,12,14-17,21-22,24-25,27H,6-7,9,11,13,18-20H2,1-5H3,(H,35,37)/b10-8+. The van der Waals surface area contributed by atoms with E-state index in [-0.39, 0.29) is 16.9 Å². The fraction of sp³-hybridized carbons (Fsp3) is 0.562. The zero-order valence-corrected chi connectivity index (χ0v) is 26.1. The van der Waals surface area contributed by atoms with Gasteiger partial charge in [-0.2, -0.15) is 0 Å². The molecule has 2 heterocycles. The van der Waals surface area contributed by atoms with Crippen molar-refractivity contribution in [3.63, 3.8) is 0 Å². The molecule has 4 rings (SSSR count). The molecule has 1 fully saturated rings. The maximum atomic E-state index is 13.0. The van der Waals surface area contributed by atoms with E-state index >= 15 is 0 Å². The lowest BCUT2D eigenvalue weighted by Crippen LogP contribution is -2.42. The summed E-state index contributed by atoms with van der Waals surface area (Å²) in [6, 6.07) is 9.70. The van der Waals surface area contributed by atoms with Crippen LogP contribution in [0.5, 0.6) is 5.75 Å². The molecule has 1 aliphatic heterocycles. The van der Waals surface area contributed by atoms with E-state index in [1.54, 1.807) is 6.07 Å². The molecule has 0 saturated heterocycles. The van der Waals surface area contributed by atoms with Crippen molar-refractivity contribution in [3.05, 3.63) is 64.3 Å². The van der Waals surface area contributed by atoms with Gasteiger partial charge in [-0.15, -0.1) is 0 Å². The SMILES string of the molecule is CC/C=C/C(C)C1CCC1CN1CC(c2ccc(Cl)cc2CCC)COc2ccc(C(=O)NS(=O)C(C)C)nc21. The minimum atomic E-state index is -1.47. The highest BCUT2D eigenvalue weighted by Crippen LogP contribution is 2.43. The number of aromatic nitrogens is 1. The molecule has 2 aromatic rings. The number of benzene rings is 1. The number of pyridine rings is 1. The number of hydrogen-bond acceptors (Lipinski definition) is 5. The van der Waals surface area contributed by atoms with Gasteiger partial charge in [0.05, 0.1) is 6.61 Å². The van der Waals surface area contributed by atoms with Gasteiger partial charge in [0.1, 0.15) is 16.7 Å². The summed E-state index contributed by atoms with van der Waals surface area (Å²) in [7, 11) is -1.47. The van der Waals surface area contributed by atoms with E-state index in [4.69, 9.17) is 21.3 Å². The van der Waals surface area contributed by atoms with Crippen molar-refractivity contribution in [2.24, 2.45) is 17.8 Å². The summed E-state index contributed by atoms with van der Waals surface area (Å²) in [6.07, 6.45) is 10.1. The molecule has 1 aromatic heterocycles. The molecule has 0 radical (unpaired) electrons. The third kappa shape index (κ3) is 7.27. The Morgan fingerprint density at radius 3 is 2.70 bits per heavy atom. The zero-order chi connectivity index (χ0) is 28.8. The van der Waals surface area contributed by atoms with Crippen LogP contribution in [0.4, 0.5) is 5.82 Å². The number of ether oxygens (including phenoxy) is 1. The number of fused-ring (bicyclic) bond motifs is 1. The van der Waals surface area contributed by atoms with Gasteiger partial charge in [-0.05, 0) is 92.7 Å². The number of halogens is 1. The van der Waals surface area contributed by atoms with Crippen LogP contribution >= 0.6 is 11.6 Å². The summed E-state index contributed by atoms with van der Waals surface area (Å²) in [5, 5.41) is 0.575.